The largest absolute Gasteiger partial charge is 0.512 e. The molecule has 0 aliphatic heterocycles. The second kappa shape index (κ2) is 15.9. The zero-order valence-electron chi connectivity index (χ0n) is 30.1. The molecule has 3 heterocycles. The first kappa shape index (κ1) is 39.7. The first-order valence-electron chi connectivity index (χ1n) is 16.7. The predicted molar refractivity (Wildman–Crippen MR) is 204 cm³/mol. The number of hydrogen-bond acceptors (Lipinski definition) is 6. The van der Waals surface area contributed by atoms with E-state index < -0.39 is 0 Å². The van der Waals surface area contributed by atoms with Crippen molar-refractivity contribution >= 4 is 60.9 Å². The number of aliphatic hydroxyl groups excluding tert-OH is 1. The molecule has 0 saturated carbocycles. The molecule has 0 fully saturated rings. The van der Waals surface area contributed by atoms with E-state index >= 15 is 0 Å². The number of aromatic nitrogens is 1. The van der Waals surface area contributed by atoms with Crippen LogP contribution in [0.3, 0.4) is 0 Å². The number of thioether (sulfide) groups is 1. The Labute approximate surface area is 308 Å². The van der Waals surface area contributed by atoms with Crippen molar-refractivity contribution in [3.05, 3.63) is 82.9 Å². The number of benzene rings is 2. The van der Waals surface area contributed by atoms with Gasteiger partial charge < -0.3 is 14.5 Å². The minimum absolute atomic E-state index is 0. The molecule has 2 aromatic carbocycles. The van der Waals surface area contributed by atoms with Crippen LogP contribution in [0.25, 0.3) is 43.3 Å². The van der Waals surface area contributed by atoms with E-state index in [1.165, 1.54) is 31.5 Å². The van der Waals surface area contributed by atoms with Gasteiger partial charge in [-0.1, -0.05) is 73.8 Å². The van der Waals surface area contributed by atoms with Crippen LogP contribution in [-0.2, 0) is 30.3 Å². The maximum absolute atomic E-state index is 12.2. The molecule has 5 rings (SSSR count). The van der Waals surface area contributed by atoms with Gasteiger partial charge in [0, 0.05) is 63.6 Å². The van der Waals surface area contributed by atoms with Crippen molar-refractivity contribution in [1.82, 2.24) is 4.98 Å². The number of fused-ring (bicyclic) bond motifs is 5. The molecular weight excluding hydrogens is 811 g/mol. The summed E-state index contributed by atoms with van der Waals surface area (Å²) in [5.41, 5.74) is 4.35. The summed E-state index contributed by atoms with van der Waals surface area (Å²) in [6.07, 6.45) is 6.58. The standard InChI is InChI=1S/C26H22NOS2.C15H28O2.Ir/c1-6-29-21-10-8-16(14-18(21)26(3,4)5)24-22-20(11-12-27-24)28-19-9-7-17-13-15(2)30-25(17)23(19)22;1-7-14(5,8-2)12(16)11-13(17)15(6,9-3)10-4;/h6-7,9-14H,1H2,2-5H3;11,16H,7-10H2,1-6H3;/q-1;;/b;12-11-;. The van der Waals surface area contributed by atoms with Crippen molar-refractivity contribution < 1.29 is 34.4 Å². The molecule has 0 amide bonds. The Kier molecular flexibility index (Phi) is 13.2. The van der Waals surface area contributed by atoms with Gasteiger partial charge in [0.05, 0.1) is 0 Å². The molecule has 0 unspecified atom stereocenters. The van der Waals surface area contributed by atoms with Gasteiger partial charge in [-0.15, -0.1) is 40.7 Å². The molecule has 0 spiro atoms. The van der Waals surface area contributed by atoms with Gasteiger partial charge in [0.1, 0.15) is 16.9 Å². The minimum atomic E-state index is -0.337. The quantitative estimate of drug-likeness (QED) is 0.0656. The van der Waals surface area contributed by atoms with Crippen molar-refractivity contribution in [2.75, 3.05) is 0 Å². The molecule has 48 heavy (non-hydrogen) atoms. The second-order valence-electron chi connectivity index (χ2n) is 13.9. The van der Waals surface area contributed by atoms with E-state index in [1.54, 1.807) is 11.8 Å². The number of ketones is 1. The number of rotatable bonds is 10. The first-order chi connectivity index (χ1) is 22.2. The smallest absolute Gasteiger partial charge is 0.164 e. The maximum Gasteiger partial charge on any atom is 0.164 e. The van der Waals surface area contributed by atoms with Gasteiger partial charge in [0.15, 0.2) is 5.78 Å². The average molecular weight is 861 g/mol. The Bertz CT molecular complexity index is 1930. The van der Waals surface area contributed by atoms with Crippen LogP contribution in [0.4, 0.5) is 0 Å². The molecule has 3 aromatic heterocycles. The van der Waals surface area contributed by atoms with Crippen LogP contribution < -0.4 is 0 Å². The van der Waals surface area contributed by atoms with Gasteiger partial charge in [-0.3, -0.25) is 4.79 Å². The van der Waals surface area contributed by atoms with E-state index in [2.05, 4.69) is 70.7 Å². The van der Waals surface area contributed by atoms with E-state index in [-0.39, 0.29) is 47.9 Å². The fourth-order valence-electron chi connectivity index (χ4n) is 5.70. The fourth-order valence-corrected chi connectivity index (χ4v) is 7.56. The molecule has 259 valence electrons. The van der Waals surface area contributed by atoms with Crippen molar-refractivity contribution in [2.24, 2.45) is 10.8 Å². The molecule has 0 aliphatic rings. The first-order valence-corrected chi connectivity index (χ1v) is 18.4. The summed E-state index contributed by atoms with van der Waals surface area (Å²) >= 11 is 3.45. The molecule has 4 nitrogen and oxygen atoms in total. The Morgan fingerprint density at radius 1 is 0.979 bits per heavy atom. The van der Waals surface area contributed by atoms with Crippen LogP contribution in [0, 0.1) is 23.8 Å². The summed E-state index contributed by atoms with van der Waals surface area (Å²) in [4.78, 5) is 19.5. The van der Waals surface area contributed by atoms with Crippen molar-refractivity contribution in [3.8, 4) is 11.3 Å². The Morgan fingerprint density at radius 2 is 1.60 bits per heavy atom. The van der Waals surface area contributed by atoms with Gasteiger partial charge in [0.25, 0.3) is 0 Å². The van der Waals surface area contributed by atoms with Gasteiger partial charge in [-0.05, 0) is 78.8 Å². The molecule has 1 N–H and O–H groups in total. The van der Waals surface area contributed by atoms with Crippen LogP contribution in [0.2, 0.25) is 0 Å². The molecule has 0 aliphatic carbocycles. The zero-order valence-corrected chi connectivity index (χ0v) is 34.1. The molecule has 0 bridgehead atoms. The topological polar surface area (TPSA) is 63.3 Å². The monoisotopic (exact) mass is 861 g/mol. The van der Waals surface area contributed by atoms with Crippen LogP contribution in [0.5, 0.6) is 0 Å². The molecular formula is C41H50IrNO3S2-. The Balaban J connectivity index is 0.000000301. The van der Waals surface area contributed by atoms with Crippen molar-refractivity contribution in [1.29, 1.82) is 0 Å². The summed E-state index contributed by atoms with van der Waals surface area (Å²) in [7, 11) is 0. The van der Waals surface area contributed by atoms with E-state index in [1.807, 2.05) is 70.6 Å². The summed E-state index contributed by atoms with van der Waals surface area (Å²) in [6.45, 7) is 24.8. The van der Waals surface area contributed by atoms with Gasteiger partial charge in [-0.2, -0.15) is 11.8 Å². The van der Waals surface area contributed by atoms with E-state index in [4.69, 9.17) is 9.40 Å². The number of nitrogens with zero attached hydrogens (tertiary/aromatic N) is 1. The third kappa shape index (κ3) is 8.02. The Hall–Kier alpha value is -2.70. The SMILES string of the molecule is C=CSc1c[c-]c(-c2nccc3oc4ccc5cc(C)sc5c4c23)cc1C(C)(C)C.CCC(C)(CC)C(=O)/C=C(\O)C(C)(CC)CC.[Ir]. The normalized spacial score (nSPS) is 12.6. The van der Waals surface area contributed by atoms with Gasteiger partial charge >= 0.3 is 0 Å². The van der Waals surface area contributed by atoms with Crippen LogP contribution in [-0.4, -0.2) is 15.9 Å². The second-order valence-corrected chi connectivity index (χ2v) is 16.2. The number of hydrogen-bond donors (Lipinski definition) is 1. The van der Waals surface area contributed by atoms with E-state index in [0.29, 0.717) is 0 Å². The fraction of sp³-hybridized carbons (Fsp3) is 0.415. The van der Waals surface area contributed by atoms with E-state index in [0.717, 1.165) is 58.9 Å². The minimum Gasteiger partial charge on any atom is -0.512 e. The average Bonchev–Trinajstić information content (AvgIpc) is 3.63. The molecule has 7 heteroatoms. The molecule has 1 radical (unpaired) electrons. The number of thiophene rings is 1. The number of carbonyl (C=O) groups is 1. The molecule has 5 aromatic rings. The third-order valence-electron chi connectivity index (χ3n) is 9.94. The number of carbonyl (C=O) groups excluding carboxylic acids is 1. The Morgan fingerprint density at radius 3 is 2.19 bits per heavy atom. The number of allylic oxidation sites excluding steroid dienone is 2. The zero-order chi connectivity index (χ0) is 34.7. The molecule has 0 atom stereocenters. The van der Waals surface area contributed by atoms with Crippen LogP contribution in [0.15, 0.2) is 75.7 Å². The number of aliphatic hydroxyl groups is 1. The third-order valence-corrected chi connectivity index (χ3v) is 11.8. The summed E-state index contributed by atoms with van der Waals surface area (Å²) in [6, 6.07) is 16.2. The summed E-state index contributed by atoms with van der Waals surface area (Å²) < 4.78 is 7.48. The maximum atomic E-state index is 12.2. The summed E-state index contributed by atoms with van der Waals surface area (Å²) in [5.74, 6) is 0.286. The van der Waals surface area contributed by atoms with Crippen LogP contribution in [0.1, 0.15) is 98.4 Å². The number of furan rings is 1. The van der Waals surface area contributed by atoms with Gasteiger partial charge in [-0.25, -0.2) is 0 Å². The van der Waals surface area contributed by atoms with Crippen LogP contribution >= 0.6 is 23.1 Å². The van der Waals surface area contributed by atoms with Crippen molar-refractivity contribution in [3.63, 3.8) is 0 Å². The predicted octanol–water partition coefficient (Wildman–Crippen LogP) is 13.2. The molecule has 0 saturated heterocycles. The van der Waals surface area contributed by atoms with Gasteiger partial charge in [0.2, 0.25) is 0 Å². The van der Waals surface area contributed by atoms with Crippen molar-refractivity contribution in [2.45, 2.75) is 105 Å². The number of aryl methyl sites for hydroxylation is 1. The van der Waals surface area contributed by atoms with E-state index in [9.17, 15) is 9.90 Å². The number of pyridine rings is 1. The summed E-state index contributed by atoms with van der Waals surface area (Å²) in [5, 5.41) is 15.5.